The van der Waals surface area contributed by atoms with Crippen LogP contribution in [0.2, 0.25) is 5.02 Å². The van der Waals surface area contributed by atoms with Crippen molar-refractivity contribution in [1.29, 1.82) is 0 Å². The Kier molecular flexibility index (Phi) is 3.97. The van der Waals surface area contributed by atoms with E-state index in [4.69, 9.17) is 21.1 Å². The van der Waals surface area contributed by atoms with Crippen LogP contribution < -0.4 is 9.64 Å². The topological polar surface area (TPSA) is 38.8 Å². The van der Waals surface area contributed by atoms with Crippen LogP contribution in [0.15, 0.2) is 48.5 Å². The van der Waals surface area contributed by atoms with Crippen LogP contribution in [0.5, 0.6) is 5.75 Å². The molecule has 0 saturated heterocycles. The van der Waals surface area contributed by atoms with Gasteiger partial charge in [0.25, 0.3) is 0 Å². The Labute approximate surface area is 127 Å². The fraction of sp³-hybridized carbons (Fsp3) is 0.188. The maximum atomic E-state index is 12.2. The van der Waals surface area contributed by atoms with Gasteiger partial charge in [0.2, 0.25) is 0 Å². The van der Waals surface area contributed by atoms with Crippen LogP contribution in [0.1, 0.15) is 5.56 Å². The summed E-state index contributed by atoms with van der Waals surface area (Å²) in [5.74, 6) is 0.602. The minimum Gasteiger partial charge on any atom is -0.489 e. The Bertz CT molecular complexity index is 645. The minimum absolute atomic E-state index is 0.250. The Balaban J connectivity index is 1.71. The monoisotopic (exact) mass is 303 g/mol. The predicted molar refractivity (Wildman–Crippen MR) is 80.9 cm³/mol. The lowest BCUT2D eigenvalue weighted by molar-refractivity contribution is 0.144. The molecule has 0 N–H and O–H groups in total. The molecule has 108 valence electrons. The summed E-state index contributed by atoms with van der Waals surface area (Å²) in [5.41, 5.74) is 1.64. The molecule has 0 unspecified atom stereocenters. The quantitative estimate of drug-likeness (QED) is 0.845. The molecule has 4 nitrogen and oxygen atoms in total. The van der Waals surface area contributed by atoms with Gasteiger partial charge >= 0.3 is 6.09 Å². The number of hydrogen-bond donors (Lipinski definition) is 0. The summed E-state index contributed by atoms with van der Waals surface area (Å²) < 4.78 is 10.9. The Morgan fingerprint density at radius 1 is 1.24 bits per heavy atom. The molecule has 5 heteroatoms. The Morgan fingerprint density at radius 3 is 2.86 bits per heavy atom. The number of carbonyl (C=O) groups is 1. The molecular formula is C16H14ClNO3. The highest BCUT2D eigenvalue weighted by atomic mass is 35.5. The van der Waals surface area contributed by atoms with E-state index in [1.54, 1.807) is 23.1 Å². The number of halogens is 1. The van der Waals surface area contributed by atoms with Gasteiger partial charge < -0.3 is 9.47 Å². The number of amides is 1. The first-order chi connectivity index (χ1) is 10.2. The molecule has 0 fully saturated rings. The molecule has 1 aliphatic heterocycles. The molecule has 0 spiro atoms. The van der Waals surface area contributed by atoms with Crippen LogP contribution in [0.4, 0.5) is 10.5 Å². The third kappa shape index (κ3) is 3.11. The summed E-state index contributed by atoms with van der Waals surface area (Å²) in [6, 6.07) is 14.8. The van der Waals surface area contributed by atoms with Gasteiger partial charge in [0.1, 0.15) is 19.0 Å². The summed E-state index contributed by atoms with van der Waals surface area (Å²) in [4.78, 5) is 13.8. The van der Waals surface area contributed by atoms with Crippen molar-refractivity contribution in [3.63, 3.8) is 0 Å². The molecule has 1 aliphatic rings. The molecule has 0 atom stereocenters. The molecule has 0 aliphatic carbocycles. The second kappa shape index (κ2) is 6.06. The van der Waals surface area contributed by atoms with Gasteiger partial charge in [-0.05, 0) is 17.7 Å². The average Bonchev–Trinajstić information content (AvgIpc) is 2.52. The zero-order valence-electron chi connectivity index (χ0n) is 11.3. The van der Waals surface area contributed by atoms with Crippen LogP contribution in [-0.4, -0.2) is 19.2 Å². The van der Waals surface area contributed by atoms with Gasteiger partial charge in [0.05, 0.1) is 12.2 Å². The molecule has 3 rings (SSSR count). The van der Waals surface area contributed by atoms with Crippen molar-refractivity contribution in [2.24, 2.45) is 0 Å². The number of benzene rings is 2. The number of ether oxygens (including phenoxy) is 2. The van der Waals surface area contributed by atoms with Crippen molar-refractivity contribution in [3.8, 4) is 5.75 Å². The van der Waals surface area contributed by atoms with E-state index >= 15 is 0 Å². The molecule has 2 aromatic carbocycles. The fourth-order valence-electron chi connectivity index (χ4n) is 2.18. The van der Waals surface area contributed by atoms with Crippen molar-refractivity contribution in [3.05, 3.63) is 59.1 Å². The van der Waals surface area contributed by atoms with Crippen molar-refractivity contribution >= 4 is 23.4 Å². The van der Waals surface area contributed by atoms with Gasteiger partial charge in [-0.25, -0.2) is 4.79 Å². The van der Waals surface area contributed by atoms with Crippen LogP contribution in [0, 0.1) is 0 Å². The van der Waals surface area contributed by atoms with Gasteiger partial charge in [-0.15, -0.1) is 0 Å². The smallest absolute Gasteiger partial charge is 0.414 e. The molecular weight excluding hydrogens is 290 g/mol. The van der Waals surface area contributed by atoms with Crippen LogP contribution >= 0.6 is 11.6 Å². The highest BCUT2D eigenvalue weighted by molar-refractivity contribution is 6.30. The molecule has 1 heterocycles. The second-order valence-electron chi connectivity index (χ2n) is 4.65. The molecule has 1 amide bonds. The van der Waals surface area contributed by atoms with Crippen LogP contribution in [0.25, 0.3) is 0 Å². The summed E-state index contributed by atoms with van der Waals surface area (Å²) in [7, 11) is 0. The third-order valence-electron chi connectivity index (χ3n) is 3.21. The highest BCUT2D eigenvalue weighted by Gasteiger charge is 2.25. The van der Waals surface area contributed by atoms with Crippen molar-refractivity contribution < 1.29 is 14.3 Å². The van der Waals surface area contributed by atoms with E-state index in [9.17, 15) is 4.79 Å². The molecule has 0 bridgehead atoms. The first-order valence-electron chi connectivity index (χ1n) is 6.64. The van der Waals surface area contributed by atoms with Crippen molar-refractivity contribution in [2.75, 3.05) is 18.1 Å². The second-order valence-corrected chi connectivity index (χ2v) is 5.09. The fourth-order valence-corrected chi connectivity index (χ4v) is 2.34. The Hall–Kier alpha value is -2.20. The van der Waals surface area contributed by atoms with E-state index in [-0.39, 0.29) is 12.7 Å². The summed E-state index contributed by atoms with van der Waals surface area (Å²) in [6.07, 6.45) is -0.384. The summed E-state index contributed by atoms with van der Waals surface area (Å²) in [6.45, 7) is 1.13. The van der Waals surface area contributed by atoms with Gasteiger partial charge in [-0.3, -0.25) is 4.90 Å². The van der Waals surface area contributed by atoms with E-state index in [1.807, 2.05) is 30.3 Å². The summed E-state index contributed by atoms with van der Waals surface area (Å²) >= 11 is 5.93. The number of carbonyl (C=O) groups excluding carboxylic acids is 1. The molecule has 21 heavy (non-hydrogen) atoms. The number of nitrogens with zero attached hydrogens (tertiary/aromatic N) is 1. The predicted octanol–water partition coefficient (Wildman–Crippen LogP) is 3.88. The SMILES string of the molecule is O=C(OCc1ccccc1)N1CCOc2cc(Cl)ccc21. The largest absolute Gasteiger partial charge is 0.489 e. The zero-order chi connectivity index (χ0) is 14.7. The molecule has 0 saturated carbocycles. The molecule has 2 aromatic rings. The van der Waals surface area contributed by atoms with Gasteiger partial charge in [0.15, 0.2) is 0 Å². The summed E-state index contributed by atoms with van der Waals surface area (Å²) in [5, 5.41) is 0.577. The molecule has 0 radical (unpaired) electrons. The van der Waals surface area contributed by atoms with E-state index in [1.165, 1.54) is 0 Å². The average molecular weight is 304 g/mol. The number of fused-ring (bicyclic) bond motifs is 1. The minimum atomic E-state index is -0.384. The molecule has 0 aromatic heterocycles. The van der Waals surface area contributed by atoms with Crippen LogP contribution in [0.3, 0.4) is 0 Å². The van der Waals surface area contributed by atoms with Gasteiger partial charge in [-0.2, -0.15) is 0 Å². The Morgan fingerprint density at radius 2 is 2.05 bits per heavy atom. The normalized spacial score (nSPS) is 13.3. The highest BCUT2D eigenvalue weighted by Crippen LogP contribution is 2.34. The van der Waals surface area contributed by atoms with Gasteiger partial charge in [0, 0.05) is 11.1 Å². The zero-order valence-corrected chi connectivity index (χ0v) is 12.0. The van der Waals surface area contributed by atoms with Crippen molar-refractivity contribution in [1.82, 2.24) is 0 Å². The van der Waals surface area contributed by atoms with E-state index in [0.717, 1.165) is 5.56 Å². The van der Waals surface area contributed by atoms with E-state index < -0.39 is 0 Å². The lowest BCUT2D eigenvalue weighted by atomic mass is 10.2. The number of rotatable bonds is 2. The lowest BCUT2D eigenvalue weighted by Crippen LogP contribution is -2.38. The standard InChI is InChI=1S/C16H14ClNO3/c17-13-6-7-14-15(10-13)20-9-8-18(14)16(19)21-11-12-4-2-1-3-5-12/h1-7,10H,8-9,11H2. The maximum Gasteiger partial charge on any atom is 0.414 e. The third-order valence-corrected chi connectivity index (χ3v) is 3.45. The number of hydrogen-bond acceptors (Lipinski definition) is 3. The van der Waals surface area contributed by atoms with E-state index in [0.29, 0.717) is 29.6 Å². The first kappa shape index (κ1) is 13.8. The van der Waals surface area contributed by atoms with Crippen LogP contribution in [-0.2, 0) is 11.3 Å². The lowest BCUT2D eigenvalue weighted by Gasteiger charge is -2.28. The number of anilines is 1. The van der Waals surface area contributed by atoms with Crippen molar-refractivity contribution in [2.45, 2.75) is 6.61 Å². The van der Waals surface area contributed by atoms with Gasteiger partial charge in [-0.1, -0.05) is 41.9 Å². The first-order valence-corrected chi connectivity index (χ1v) is 7.02. The van der Waals surface area contributed by atoms with E-state index in [2.05, 4.69) is 0 Å². The maximum absolute atomic E-state index is 12.2.